The number of anilines is 1. The Kier molecular flexibility index (Phi) is 6.41. The molecule has 8 heteroatoms. The molecule has 0 aliphatic rings. The zero-order valence-corrected chi connectivity index (χ0v) is 19.5. The van der Waals surface area contributed by atoms with Crippen LogP contribution in [0.5, 0.6) is 11.5 Å². The van der Waals surface area contributed by atoms with E-state index in [2.05, 4.69) is 31.0 Å². The molecule has 0 fully saturated rings. The number of methoxy groups -OCH3 is 2. The lowest BCUT2D eigenvalue weighted by atomic mass is 10.1. The number of amides is 1. The van der Waals surface area contributed by atoms with Gasteiger partial charge < -0.3 is 14.0 Å². The second-order valence-corrected chi connectivity index (χ2v) is 8.54. The van der Waals surface area contributed by atoms with Crippen LogP contribution in [-0.2, 0) is 6.54 Å². The van der Waals surface area contributed by atoms with Crippen molar-refractivity contribution >= 4 is 32.6 Å². The Hall–Kier alpha value is -3.39. The molecule has 2 aromatic heterocycles. The molecular formula is C24H26N4O3S. The van der Waals surface area contributed by atoms with Crippen LogP contribution in [0.1, 0.15) is 27.9 Å². The van der Waals surface area contributed by atoms with E-state index in [0.29, 0.717) is 28.7 Å². The third kappa shape index (κ3) is 4.31. The van der Waals surface area contributed by atoms with Gasteiger partial charge in [-0.25, -0.2) is 9.97 Å². The Morgan fingerprint density at radius 1 is 1.12 bits per heavy atom. The number of ether oxygens (including phenoxy) is 2. The third-order valence-electron chi connectivity index (χ3n) is 5.54. The topological polar surface area (TPSA) is 69.5 Å². The summed E-state index contributed by atoms with van der Waals surface area (Å²) in [5.41, 5.74) is 3.80. The predicted molar refractivity (Wildman–Crippen MR) is 127 cm³/mol. The van der Waals surface area contributed by atoms with Gasteiger partial charge in [-0.05, 0) is 55.7 Å². The second kappa shape index (κ2) is 9.40. The number of hydrogen-bond donors (Lipinski definition) is 0. The normalized spacial score (nSPS) is 11.0. The number of hydrogen-bond acceptors (Lipinski definition) is 6. The van der Waals surface area contributed by atoms with Gasteiger partial charge in [-0.3, -0.25) is 9.69 Å². The highest BCUT2D eigenvalue weighted by Gasteiger charge is 2.23. The molecule has 0 aliphatic carbocycles. The van der Waals surface area contributed by atoms with Crippen molar-refractivity contribution in [3.63, 3.8) is 0 Å². The van der Waals surface area contributed by atoms with Crippen LogP contribution in [0.15, 0.2) is 49.1 Å². The van der Waals surface area contributed by atoms with Crippen LogP contribution in [0.4, 0.5) is 5.13 Å². The SMILES string of the molecule is COc1ccc(C(=O)N(CCCn2ccnc2)c2nc3c(C)c(C)ccc3s2)cc1OC. The second-order valence-electron chi connectivity index (χ2n) is 7.53. The molecule has 0 aliphatic heterocycles. The maximum atomic E-state index is 13.6. The average molecular weight is 451 g/mol. The lowest BCUT2D eigenvalue weighted by molar-refractivity contribution is 0.0986. The molecule has 0 saturated heterocycles. The summed E-state index contributed by atoms with van der Waals surface area (Å²) in [7, 11) is 3.14. The van der Waals surface area contributed by atoms with Crippen LogP contribution in [0.25, 0.3) is 10.2 Å². The molecule has 0 N–H and O–H groups in total. The maximum absolute atomic E-state index is 13.6. The van der Waals surface area contributed by atoms with Crippen LogP contribution < -0.4 is 14.4 Å². The molecule has 4 aromatic rings. The van der Waals surface area contributed by atoms with Gasteiger partial charge in [-0.2, -0.15) is 0 Å². The summed E-state index contributed by atoms with van der Waals surface area (Å²) >= 11 is 1.54. The number of aryl methyl sites for hydroxylation is 3. The van der Waals surface area contributed by atoms with E-state index in [9.17, 15) is 4.79 Å². The zero-order chi connectivity index (χ0) is 22.7. The highest BCUT2D eigenvalue weighted by molar-refractivity contribution is 7.22. The number of nitrogens with zero attached hydrogens (tertiary/aromatic N) is 4. The summed E-state index contributed by atoms with van der Waals surface area (Å²) in [5.74, 6) is 0.985. The first-order chi connectivity index (χ1) is 15.5. The zero-order valence-electron chi connectivity index (χ0n) is 18.7. The van der Waals surface area contributed by atoms with Gasteiger partial charge >= 0.3 is 0 Å². The van der Waals surface area contributed by atoms with Crippen LogP contribution in [0, 0.1) is 13.8 Å². The molecule has 7 nitrogen and oxygen atoms in total. The first kappa shape index (κ1) is 21.8. The standard InChI is InChI=1S/C24H26N4O3S/c1-16-6-9-21-22(17(16)2)26-24(32-21)28(12-5-11-27-13-10-25-15-27)23(29)18-7-8-19(30-3)20(14-18)31-4/h6-10,13-15H,5,11-12H2,1-4H3. The van der Waals surface area contributed by atoms with Crippen LogP contribution in [0.2, 0.25) is 0 Å². The molecule has 0 atom stereocenters. The van der Waals surface area contributed by atoms with Crippen molar-refractivity contribution in [3.05, 3.63) is 65.7 Å². The van der Waals surface area contributed by atoms with E-state index in [1.165, 1.54) is 16.9 Å². The monoisotopic (exact) mass is 450 g/mol. The van der Waals surface area contributed by atoms with Crippen molar-refractivity contribution in [2.75, 3.05) is 25.7 Å². The van der Waals surface area contributed by atoms with Gasteiger partial charge in [0.2, 0.25) is 0 Å². The Morgan fingerprint density at radius 3 is 2.66 bits per heavy atom. The quantitative estimate of drug-likeness (QED) is 0.383. The predicted octanol–water partition coefficient (Wildman–Crippen LogP) is 4.86. The Morgan fingerprint density at radius 2 is 1.94 bits per heavy atom. The number of carbonyl (C=O) groups excluding carboxylic acids is 1. The molecule has 4 rings (SSSR count). The minimum Gasteiger partial charge on any atom is -0.493 e. The average Bonchev–Trinajstić information content (AvgIpc) is 3.48. The lowest BCUT2D eigenvalue weighted by Gasteiger charge is -2.20. The summed E-state index contributed by atoms with van der Waals surface area (Å²) in [6.45, 7) is 5.44. The van der Waals surface area contributed by atoms with Crippen molar-refractivity contribution in [2.45, 2.75) is 26.8 Å². The van der Waals surface area contributed by atoms with Crippen molar-refractivity contribution in [1.29, 1.82) is 0 Å². The van der Waals surface area contributed by atoms with Crippen LogP contribution in [0.3, 0.4) is 0 Å². The largest absolute Gasteiger partial charge is 0.493 e. The van der Waals surface area contributed by atoms with Gasteiger partial charge in [0.15, 0.2) is 16.6 Å². The molecule has 1 amide bonds. The smallest absolute Gasteiger partial charge is 0.260 e. The van der Waals surface area contributed by atoms with E-state index < -0.39 is 0 Å². The molecule has 166 valence electrons. The van der Waals surface area contributed by atoms with E-state index in [4.69, 9.17) is 14.5 Å². The van der Waals surface area contributed by atoms with Crippen LogP contribution >= 0.6 is 11.3 Å². The summed E-state index contributed by atoms with van der Waals surface area (Å²) in [6, 6.07) is 9.40. The number of carbonyl (C=O) groups is 1. The number of rotatable bonds is 8. The van der Waals surface area contributed by atoms with Crippen molar-refractivity contribution in [1.82, 2.24) is 14.5 Å². The number of thiazole rings is 1. The minimum absolute atomic E-state index is 0.120. The van der Waals surface area contributed by atoms with E-state index in [0.717, 1.165) is 28.7 Å². The lowest BCUT2D eigenvalue weighted by Crippen LogP contribution is -2.32. The fourth-order valence-electron chi connectivity index (χ4n) is 3.57. The molecule has 0 unspecified atom stereocenters. The minimum atomic E-state index is -0.120. The number of aromatic nitrogens is 3. The molecule has 2 heterocycles. The van der Waals surface area contributed by atoms with Gasteiger partial charge in [0.1, 0.15) is 0 Å². The Labute approximate surface area is 191 Å². The molecule has 0 bridgehead atoms. The molecular weight excluding hydrogens is 424 g/mol. The number of benzene rings is 2. The van der Waals surface area contributed by atoms with Crippen molar-refractivity contribution < 1.29 is 14.3 Å². The van der Waals surface area contributed by atoms with Crippen LogP contribution in [-0.4, -0.2) is 41.2 Å². The van der Waals surface area contributed by atoms with E-state index in [1.54, 1.807) is 49.8 Å². The molecule has 32 heavy (non-hydrogen) atoms. The van der Waals surface area contributed by atoms with Gasteiger partial charge in [0.05, 0.1) is 30.8 Å². The fourth-order valence-corrected chi connectivity index (χ4v) is 4.62. The summed E-state index contributed by atoms with van der Waals surface area (Å²) in [5, 5.41) is 0.694. The highest BCUT2D eigenvalue weighted by atomic mass is 32.1. The molecule has 0 radical (unpaired) electrons. The van der Waals surface area contributed by atoms with Gasteiger partial charge in [0.25, 0.3) is 5.91 Å². The van der Waals surface area contributed by atoms with E-state index >= 15 is 0 Å². The summed E-state index contributed by atoms with van der Waals surface area (Å²) in [6.07, 6.45) is 6.23. The Bertz CT molecular complexity index is 1230. The van der Waals surface area contributed by atoms with Gasteiger partial charge in [-0.15, -0.1) is 0 Å². The highest BCUT2D eigenvalue weighted by Crippen LogP contribution is 2.34. The summed E-state index contributed by atoms with van der Waals surface area (Å²) < 4.78 is 13.8. The Balaban J connectivity index is 1.68. The maximum Gasteiger partial charge on any atom is 0.260 e. The van der Waals surface area contributed by atoms with Gasteiger partial charge in [0, 0.05) is 31.0 Å². The summed E-state index contributed by atoms with van der Waals surface area (Å²) in [4.78, 5) is 24.3. The number of fused-ring (bicyclic) bond motifs is 1. The fraction of sp³-hybridized carbons (Fsp3) is 0.292. The molecule has 2 aromatic carbocycles. The van der Waals surface area contributed by atoms with Gasteiger partial charge in [-0.1, -0.05) is 17.4 Å². The van der Waals surface area contributed by atoms with Crippen molar-refractivity contribution in [2.24, 2.45) is 0 Å². The van der Waals surface area contributed by atoms with E-state index in [1.807, 2.05) is 10.8 Å². The van der Waals surface area contributed by atoms with Crippen molar-refractivity contribution in [3.8, 4) is 11.5 Å². The number of imidazole rings is 1. The van der Waals surface area contributed by atoms with E-state index in [-0.39, 0.29) is 5.91 Å². The third-order valence-corrected chi connectivity index (χ3v) is 6.58. The first-order valence-corrected chi connectivity index (χ1v) is 11.2. The molecule has 0 saturated carbocycles. The molecule has 0 spiro atoms. The first-order valence-electron chi connectivity index (χ1n) is 10.4.